The second kappa shape index (κ2) is 6.79. The lowest BCUT2D eigenvalue weighted by molar-refractivity contribution is -0.116. The molecule has 2 aliphatic heterocycles. The number of benzene rings is 1. The highest BCUT2D eigenvalue weighted by Gasteiger charge is 2.21. The molecule has 0 radical (unpaired) electrons. The smallest absolute Gasteiger partial charge is 0.321 e. The van der Waals surface area contributed by atoms with Crippen LogP contribution < -0.4 is 20.9 Å². The summed E-state index contributed by atoms with van der Waals surface area (Å²) >= 11 is 0. The predicted molar refractivity (Wildman–Crippen MR) is 86.0 cm³/mol. The zero-order valence-corrected chi connectivity index (χ0v) is 12.6. The zero-order chi connectivity index (χ0) is 15.4. The minimum atomic E-state index is -0.0676. The number of carbonyl (C=O) groups excluding carboxylic acids is 2. The lowest BCUT2D eigenvalue weighted by Crippen LogP contribution is -2.27. The number of amides is 3. The fourth-order valence-electron chi connectivity index (χ4n) is 2.96. The van der Waals surface area contributed by atoms with E-state index in [2.05, 4.69) is 16.0 Å². The minimum absolute atomic E-state index is 0.0542. The van der Waals surface area contributed by atoms with Crippen LogP contribution in [-0.2, 0) is 4.79 Å². The third-order valence-electron chi connectivity index (χ3n) is 4.26. The van der Waals surface area contributed by atoms with Crippen LogP contribution in [-0.4, -0.2) is 38.1 Å². The molecule has 0 saturated carbocycles. The molecule has 1 atom stereocenters. The average Bonchev–Trinajstić information content (AvgIpc) is 3.17. The topological polar surface area (TPSA) is 73.5 Å². The van der Waals surface area contributed by atoms with Crippen molar-refractivity contribution < 1.29 is 9.59 Å². The monoisotopic (exact) mass is 302 g/mol. The van der Waals surface area contributed by atoms with Crippen LogP contribution >= 0.6 is 0 Å². The van der Waals surface area contributed by atoms with Crippen LogP contribution in [0.5, 0.6) is 0 Å². The summed E-state index contributed by atoms with van der Waals surface area (Å²) in [7, 11) is 0. The second-order valence-corrected chi connectivity index (χ2v) is 5.88. The molecule has 1 aromatic carbocycles. The van der Waals surface area contributed by atoms with Crippen LogP contribution in [0.3, 0.4) is 0 Å². The van der Waals surface area contributed by atoms with Gasteiger partial charge in [0.2, 0.25) is 5.91 Å². The largest absolute Gasteiger partial charge is 0.336 e. The van der Waals surface area contributed by atoms with E-state index >= 15 is 0 Å². The maximum Gasteiger partial charge on any atom is 0.321 e. The molecule has 2 heterocycles. The van der Waals surface area contributed by atoms with E-state index in [-0.39, 0.29) is 11.9 Å². The van der Waals surface area contributed by atoms with E-state index in [1.165, 1.54) is 6.42 Å². The molecular formula is C16H22N4O2. The molecule has 6 heteroatoms. The SMILES string of the molecule is O=C(CCC1CCNC1)Nc1ccc(N2CCNC2=O)cc1. The van der Waals surface area contributed by atoms with E-state index in [0.29, 0.717) is 25.4 Å². The van der Waals surface area contributed by atoms with Gasteiger partial charge in [-0.05, 0) is 56.1 Å². The van der Waals surface area contributed by atoms with Crippen molar-refractivity contribution in [2.75, 3.05) is 36.4 Å². The zero-order valence-electron chi connectivity index (χ0n) is 12.6. The summed E-state index contributed by atoms with van der Waals surface area (Å²) < 4.78 is 0. The third kappa shape index (κ3) is 3.57. The summed E-state index contributed by atoms with van der Waals surface area (Å²) in [6.45, 7) is 3.45. The molecule has 0 aromatic heterocycles. The number of urea groups is 1. The highest BCUT2D eigenvalue weighted by atomic mass is 16.2. The highest BCUT2D eigenvalue weighted by molar-refractivity contribution is 5.95. The number of rotatable bonds is 5. The third-order valence-corrected chi connectivity index (χ3v) is 4.26. The quantitative estimate of drug-likeness (QED) is 0.772. The Labute approximate surface area is 130 Å². The summed E-state index contributed by atoms with van der Waals surface area (Å²) in [5.74, 6) is 0.681. The van der Waals surface area contributed by atoms with Gasteiger partial charge in [-0.15, -0.1) is 0 Å². The van der Waals surface area contributed by atoms with Gasteiger partial charge in [0.05, 0.1) is 0 Å². The molecule has 1 unspecified atom stereocenters. The van der Waals surface area contributed by atoms with Crippen molar-refractivity contribution in [2.24, 2.45) is 5.92 Å². The van der Waals surface area contributed by atoms with Gasteiger partial charge in [-0.2, -0.15) is 0 Å². The first-order chi connectivity index (χ1) is 10.7. The Morgan fingerprint density at radius 3 is 2.73 bits per heavy atom. The maximum absolute atomic E-state index is 12.0. The fourth-order valence-corrected chi connectivity index (χ4v) is 2.96. The molecule has 6 nitrogen and oxygen atoms in total. The lowest BCUT2D eigenvalue weighted by Gasteiger charge is -2.15. The van der Waals surface area contributed by atoms with Crippen molar-refractivity contribution in [1.82, 2.24) is 10.6 Å². The van der Waals surface area contributed by atoms with Gasteiger partial charge < -0.3 is 16.0 Å². The van der Waals surface area contributed by atoms with E-state index < -0.39 is 0 Å². The molecular weight excluding hydrogens is 280 g/mol. The van der Waals surface area contributed by atoms with Crippen molar-refractivity contribution in [3.05, 3.63) is 24.3 Å². The van der Waals surface area contributed by atoms with Gasteiger partial charge in [0.1, 0.15) is 0 Å². The van der Waals surface area contributed by atoms with Crippen molar-refractivity contribution in [3.8, 4) is 0 Å². The van der Waals surface area contributed by atoms with E-state index in [9.17, 15) is 9.59 Å². The van der Waals surface area contributed by atoms with E-state index in [0.717, 1.165) is 30.9 Å². The van der Waals surface area contributed by atoms with Crippen molar-refractivity contribution in [2.45, 2.75) is 19.3 Å². The molecule has 1 aromatic rings. The molecule has 3 N–H and O–H groups in total. The summed E-state index contributed by atoms with van der Waals surface area (Å²) in [4.78, 5) is 25.2. The molecule has 3 rings (SSSR count). The Hall–Kier alpha value is -2.08. The Morgan fingerprint density at radius 2 is 2.09 bits per heavy atom. The number of hydrogen-bond donors (Lipinski definition) is 3. The van der Waals surface area contributed by atoms with Gasteiger partial charge in [-0.3, -0.25) is 9.69 Å². The van der Waals surface area contributed by atoms with Crippen molar-refractivity contribution in [1.29, 1.82) is 0 Å². The number of hydrogen-bond acceptors (Lipinski definition) is 3. The Balaban J connectivity index is 1.49. The molecule has 0 spiro atoms. The average molecular weight is 302 g/mol. The van der Waals surface area contributed by atoms with E-state index in [4.69, 9.17) is 0 Å². The van der Waals surface area contributed by atoms with Gasteiger partial charge in [0, 0.05) is 30.9 Å². The molecule has 118 valence electrons. The van der Waals surface area contributed by atoms with Gasteiger partial charge >= 0.3 is 6.03 Å². The van der Waals surface area contributed by atoms with Crippen LogP contribution in [0.25, 0.3) is 0 Å². The van der Waals surface area contributed by atoms with Crippen LogP contribution in [0, 0.1) is 5.92 Å². The van der Waals surface area contributed by atoms with Crippen LogP contribution in [0.15, 0.2) is 24.3 Å². The first-order valence-corrected chi connectivity index (χ1v) is 7.88. The number of nitrogens with zero attached hydrogens (tertiary/aromatic N) is 1. The molecule has 2 fully saturated rings. The van der Waals surface area contributed by atoms with Gasteiger partial charge in [-0.25, -0.2) is 4.79 Å². The molecule has 22 heavy (non-hydrogen) atoms. The normalized spacial score (nSPS) is 21.0. The maximum atomic E-state index is 12.0. The van der Waals surface area contributed by atoms with E-state index in [1.807, 2.05) is 24.3 Å². The number of nitrogens with one attached hydrogen (secondary N) is 3. The minimum Gasteiger partial charge on any atom is -0.336 e. The van der Waals surface area contributed by atoms with Crippen molar-refractivity contribution in [3.63, 3.8) is 0 Å². The summed E-state index contributed by atoms with van der Waals surface area (Å²) in [6.07, 6.45) is 2.66. The Kier molecular flexibility index (Phi) is 4.58. The highest BCUT2D eigenvalue weighted by Crippen LogP contribution is 2.20. The number of carbonyl (C=O) groups is 2. The second-order valence-electron chi connectivity index (χ2n) is 5.88. The molecule has 0 aliphatic carbocycles. The van der Waals surface area contributed by atoms with Gasteiger partial charge in [0.25, 0.3) is 0 Å². The fraction of sp³-hybridized carbons (Fsp3) is 0.500. The lowest BCUT2D eigenvalue weighted by atomic mass is 10.0. The predicted octanol–water partition coefficient (Wildman–Crippen LogP) is 1.54. The van der Waals surface area contributed by atoms with Gasteiger partial charge in [-0.1, -0.05) is 0 Å². The van der Waals surface area contributed by atoms with Crippen molar-refractivity contribution >= 4 is 23.3 Å². The first kappa shape index (κ1) is 14.8. The molecule has 2 aliphatic rings. The first-order valence-electron chi connectivity index (χ1n) is 7.88. The van der Waals surface area contributed by atoms with Crippen LogP contribution in [0.4, 0.5) is 16.2 Å². The summed E-state index contributed by atoms with van der Waals surface area (Å²) in [5.41, 5.74) is 1.63. The molecule has 2 saturated heterocycles. The molecule has 0 bridgehead atoms. The van der Waals surface area contributed by atoms with Crippen LogP contribution in [0.1, 0.15) is 19.3 Å². The standard InChI is InChI=1S/C16H22N4O2/c21-15(6-1-12-7-8-17-11-12)19-13-2-4-14(5-3-13)20-10-9-18-16(20)22/h2-5,12,17H,1,6-11H2,(H,18,22)(H,19,21). The summed E-state index contributed by atoms with van der Waals surface area (Å²) in [5, 5.41) is 9.00. The Bertz CT molecular complexity index is 538. The Morgan fingerprint density at radius 1 is 1.27 bits per heavy atom. The summed E-state index contributed by atoms with van der Waals surface area (Å²) in [6, 6.07) is 7.34. The van der Waals surface area contributed by atoms with Gasteiger partial charge in [0.15, 0.2) is 0 Å². The van der Waals surface area contributed by atoms with Crippen LogP contribution in [0.2, 0.25) is 0 Å². The number of anilines is 2. The molecule has 3 amide bonds. The van der Waals surface area contributed by atoms with E-state index in [1.54, 1.807) is 4.90 Å².